The minimum absolute atomic E-state index is 0. The molecule has 8 heteroatoms. The summed E-state index contributed by atoms with van der Waals surface area (Å²) in [5, 5.41) is 2.76. The van der Waals surface area contributed by atoms with Crippen LogP contribution in [-0.2, 0) is 18.1 Å². The number of amides is 1. The van der Waals surface area contributed by atoms with E-state index in [1.54, 1.807) is 21.3 Å². The van der Waals surface area contributed by atoms with Crippen LogP contribution < -0.4 is 10.2 Å². The van der Waals surface area contributed by atoms with E-state index in [9.17, 15) is 4.79 Å². The van der Waals surface area contributed by atoms with Gasteiger partial charge in [0.25, 0.3) is 0 Å². The molecule has 2 rings (SSSR count). The Balaban J connectivity index is 0.00000420. The molecule has 0 saturated carbocycles. The molecule has 2 aromatic rings. The third-order valence-corrected chi connectivity index (χ3v) is 7.33. The molecule has 1 N–H and O–H groups in total. The van der Waals surface area contributed by atoms with Gasteiger partial charge in [-0.3, -0.25) is 4.79 Å². The van der Waals surface area contributed by atoms with Crippen molar-refractivity contribution in [2.75, 3.05) is 38.1 Å². The fourth-order valence-electron chi connectivity index (χ4n) is 2.94. The Labute approximate surface area is 191 Å². The van der Waals surface area contributed by atoms with E-state index in [0.717, 1.165) is 30.0 Å². The average Bonchev–Trinajstić information content (AvgIpc) is 2.76. The topological polar surface area (TPSA) is 60.0 Å². The number of nitrogens with one attached hydrogen (secondary N) is 1. The minimum atomic E-state index is -2.60. The van der Waals surface area contributed by atoms with Gasteiger partial charge in [0.2, 0.25) is 5.91 Å². The van der Waals surface area contributed by atoms with Crippen LogP contribution in [0.5, 0.6) is 0 Å². The Bertz CT molecular complexity index is 747. The van der Waals surface area contributed by atoms with Gasteiger partial charge in [0, 0.05) is 51.0 Å². The number of para-hydroxylation sites is 1. The van der Waals surface area contributed by atoms with Gasteiger partial charge in [0.05, 0.1) is 0 Å². The number of carbonyl (C=O) groups excluding carboxylic acids is 1. The Morgan fingerprint density at radius 3 is 2.07 bits per heavy atom. The van der Waals surface area contributed by atoms with Crippen LogP contribution in [0.1, 0.15) is 6.42 Å². The van der Waals surface area contributed by atoms with Gasteiger partial charge in [-0.05, 0) is 48.9 Å². The normalized spacial score (nSPS) is 10.7. The second-order valence-electron chi connectivity index (χ2n) is 6.13. The van der Waals surface area contributed by atoms with Gasteiger partial charge in [0.1, 0.15) is 0 Å². The summed E-state index contributed by atoms with van der Waals surface area (Å²) in [6, 6.07) is 18.6. The average molecular weight is 528 g/mol. The standard InChI is InChI=1S/C21H28N2O4Si.HI/c1-5-21(24)22-18-12-14-20(15-13-18)23(19-10-7-6-8-11-19)16-9-17-28(25-2,26-3)27-4;/h5-8,10-15H,1,9,16-17H2,2-4H3,(H,22,24);1H. The Hall–Kier alpha value is -1.72. The fourth-order valence-corrected chi connectivity index (χ4v) is 4.65. The van der Waals surface area contributed by atoms with Crippen molar-refractivity contribution in [2.24, 2.45) is 0 Å². The number of halogens is 1. The highest BCUT2D eigenvalue weighted by Crippen LogP contribution is 2.28. The van der Waals surface area contributed by atoms with E-state index in [0.29, 0.717) is 6.04 Å². The largest absolute Gasteiger partial charge is 0.500 e. The molecule has 29 heavy (non-hydrogen) atoms. The molecule has 0 atom stereocenters. The number of anilines is 3. The zero-order valence-corrected chi connectivity index (χ0v) is 20.4. The third-order valence-electron chi connectivity index (χ3n) is 4.50. The molecule has 2 aromatic carbocycles. The van der Waals surface area contributed by atoms with E-state index >= 15 is 0 Å². The van der Waals surface area contributed by atoms with Crippen LogP contribution in [0.2, 0.25) is 6.04 Å². The molecule has 0 radical (unpaired) electrons. The summed E-state index contributed by atoms with van der Waals surface area (Å²) in [6.45, 7) is 4.24. The molecule has 0 fully saturated rings. The summed E-state index contributed by atoms with van der Waals surface area (Å²) in [5.41, 5.74) is 2.85. The smallest absolute Gasteiger partial charge is 0.377 e. The van der Waals surface area contributed by atoms with Gasteiger partial charge >= 0.3 is 8.80 Å². The molecule has 0 aliphatic rings. The highest BCUT2D eigenvalue weighted by Gasteiger charge is 2.37. The number of hydrogen-bond acceptors (Lipinski definition) is 5. The van der Waals surface area contributed by atoms with E-state index in [2.05, 4.69) is 28.9 Å². The van der Waals surface area contributed by atoms with Crippen molar-refractivity contribution in [3.8, 4) is 0 Å². The monoisotopic (exact) mass is 528 g/mol. The lowest BCUT2D eigenvalue weighted by atomic mass is 10.2. The Kier molecular flexibility index (Phi) is 11.1. The molecule has 0 bridgehead atoms. The fraction of sp³-hybridized carbons (Fsp3) is 0.286. The van der Waals surface area contributed by atoms with E-state index in [1.165, 1.54) is 6.08 Å². The lowest BCUT2D eigenvalue weighted by Crippen LogP contribution is -2.43. The molecule has 0 unspecified atom stereocenters. The van der Waals surface area contributed by atoms with Crippen LogP contribution >= 0.6 is 24.0 Å². The number of hydrogen-bond donors (Lipinski definition) is 1. The van der Waals surface area contributed by atoms with Gasteiger partial charge in [-0.15, -0.1) is 24.0 Å². The predicted molar refractivity (Wildman–Crippen MR) is 130 cm³/mol. The van der Waals surface area contributed by atoms with Crippen LogP contribution in [-0.4, -0.2) is 42.6 Å². The van der Waals surface area contributed by atoms with E-state index < -0.39 is 8.80 Å². The summed E-state index contributed by atoms with van der Waals surface area (Å²) < 4.78 is 16.6. The molecular formula is C21H29IN2O4Si. The molecule has 6 nitrogen and oxygen atoms in total. The molecule has 0 aromatic heterocycles. The van der Waals surface area contributed by atoms with Crippen LogP contribution in [0, 0.1) is 0 Å². The maximum Gasteiger partial charge on any atom is 0.500 e. The van der Waals surface area contributed by atoms with Crippen molar-refractivity contribution >= 4 is 55.8 Å². The molecule has 0 heterocycles. The van der Waals surface area contributed by atoms with Gasteiger partial charge in [-0.2, -0.15) is 0 Å². The van der Waals surface area contributed by atoms with Crippen LogP contribution in [0.3, 0.4) is 0 Å². The molecule has 0 spiro atoms. The second-order valence-corrected chi connectivity index (χ2v) is 9.22. The number of carbonyl (C=O) groups is 1. The summed E-state index contributed by atoms with van der Waals surface area (Å²) >= 11 is 0. The second kappa shape index (κ2) is 12.8. The van der Waals surface area contributed by atoms with Crippen molar-refractivity contribution < 1.29 is 18.1 Å². The summed E-state index contributed by atoms with van der Waals surface area (Å²) in [5.74, 6) is -0.229. The van der Waals surface area contributed by atoms with E-state index in [1.807, 2.05) is 42.5 Å². The van der Waals surface area contributed by atoms with Crippen molar-refractivity contribution in [1.82, 2.24) is 0 Å². The van der Waals surface area contributed by atoms with Gasteiger partial charge in [0.15, 0.2) is 0 Å². The lowest BCUT2D eigenvalue weighted by Gasteiger charge is -2.28. The number of nitrogens with zero attached hydrogens (tertiary/aromatic N) is 1. The summed E-state index contributed by atoms with van der Waals surface area (Å²) in [4.78, 5) is 13.7. The summed E-state index contributed by atoms with van der Waals surface area (Å²) in [6.07, 6.45) is 2.09. The number of rotatable bonds is 11. The van der Waals surface area contributed by atoms with Gasteiger partial charge < -0.3 is 23.5 Å². The molecule has 0 aliphatic heterocycles. The van der Waals surface area contributed by atoms with Crippen molar-refractivity contribution in [1.29, 1.82) is 0 Å². The predicted octanol–water partition coefficient (Wildman–Crippen LogP) is 4.84. The van der Waals surface area contributed by atoms with E-state index in [-0.39, 0.29) is 29.9 Å². The van der Waals surface area contributed by atoms with Crippen LogP contribution in [0.15, 0.2) is 67.3 Å². The van der Waals surface area contributed by atoms with Crippen molar-refractivity contribution in [3.05, 3.63) is 67.3 Å². The quantitative estimate of drug-likeness (QED) is 0.257. The highest BCUT2D eigenvalue weighted by atomic mass is 127. The lowest BCUT2D eigenvalue weighted by molar-refractivity contribution is -0.111. The molecule has 1 amide bonds. The van der Waals surface area contributed by atoms with Crippen LogP contribution in [0.25, 0.3) is 0 Å². The third kappa shape index (κ3) is 7.23. The van der Waals surface area contributed by atoms with E-state index in [4.69, 9.17) is 13.3 Å². The zero-order chi connectivity index (χ0) is 20.4. The summed E-state index contributed by atoms with van der Waals surface area (Å²) in [7, 11) is 2.29. The molecular weight excluding hydrogens is 499 g/mol. The Morgan fingerprint density at radius 2 is 1.55 bits per heavy atom. The number of benzene rings is 2. The first kappa shape index (κ1) is 25.3. The van der Waals surface area contributed by atoms with Gasteiger partial charge in [-0.25, -0.2) is 0 Å². The minimum Gasteiger partial charge on any atom is -0.377 e. The van der Waals surface area contributed by atoms with Crippen molar-refractivity contribution in [3.63, 3.8) is 0 Å². The first-order chi connectivity index (χ1) is 13.6. The zero-order valence-electron chi connectivity index (χ0n) is 17.1. The maximum atomic E-state index is 11.5. The van der Waals surface area contributed by atoms with Crippen LogP contribution in [0.4, 0.5) is 17.1 Å². The van der Waals surface area contributed by atoms with Gasteiger partial charge in [-0.1, -0.05) is 24.8 Å². The first-order valence-corrected chi connectivity index (χ1v) is 11.0. The van der Waals surface area contributed by atoms with Crippen molar-refractivity contribution in [2.45, 2.75) is 12.5 Å². The molecule has 158 valence electrons. The maximum absolute atomic E-state index is 11.5. The Morgan fingerprint density at radius 1 is 1.00 bits per heavy atom. The molecule has 0 aliphatic carbocycles. The SMILES string of the molecule is C=CC(=O)Nc1ccc(N(CCC[Si](OC)(OC)OC)c2ccccc2)cc1.I. The molecule has 0 saturated heterocycles. The highest BCUT2D eigenvalue weighted by molar-refractivity contribution is 14.0. The first-order valence-electron chi connectivity index (χ1n) is 9.09.